The van der Waals surface area contributed by atoms with E-state index in [1.807, 2.05) is 48.3 Å². The van der Waals surface area contributed by atoms with Crippen molar-refractivity contribution in [1.82, 2.24) is 20.4 Å². The van der Waals surface area contributed by atoms with Crippen LogP contribution in [0.15, 0.2) is 36.4 Å². The number of nitrogens with zero attached hydrogens (tertiary/aromatic N) is 2. The summed E-state index contributed by atoms with van der Waals surface area (Å²) >= 11 is 0. The first-order valence-corrected chi connectivity index (χ1v) is 7.82. The van der Waals surface area contributed by atoms with E-state index in [-0.39, 0.29) is 18.3 Å². The average Bonchev–Trinajstić information content (AvgIpc) is 3.06. The monoisotopic (exact) mass is 334 g/mol. The lowest BCUT2D eigenvalue weighted by molar-refractivity contribution is 0.0685. The normalized spacial score (nSPS) is 15.3. The van der Waals surface area contributed by atoms with Crippen molar-refractivity contribution in [2.45, 2.75) is 12.8 Å². The van der Waals surface area contributed by atoms with Gasteiger partial charge in [0, 0.05) is 18.7 Å². The van der Waals surface area contributed by atoms with Crippen LogP contribution in [-0.2, 0) is 0 Å². The van der Waals surface area contributed by atoms with E-state index < -0.39 is 0 Å². The second-order valence-electron chi connectivity index (χ2n) is 5.83. The largest absolute Gasteiger partial charge is 0.337 e. The van der Waals surface area contributed by atoms with Gasteiger partial charge in [0.15, 0.2) is 0 Å². The standard InChI is InChI=1S/C17H22N4O.ClH/c1-18-12-13-7-9-21(10-8-13)17(22)16-11-15(19-20-16)14-5-3-2-4-6-14;/h2-6,11,13,18H,7-10,12H2,1H3,(H,19,20);1H. The Morgan fingerprint density at radius 1 is 1.30 bits per heavy atom. The molecule has 23 heavy (non-hydrogen) atoms. The summed E-state index contributed by atoms with van der Waals surface area (Å²) in [6.07, 6.45) is 2.12. The molecule has 1 aromatic heterocycles. The second kappa shape index (κ2) is 8.13. The number of aromatic amines is 1. The second-order valence-corrected chi connectivity index (χ2v) is 5.83. The van der Waals surface area contributed by atoms with Gasteiger partial charge in [0.2, 0.25) is 0 Å². The molecule has 0 radical (unpaired) electrons. The number of carbonyl (C=O) groups is 1. The Morgan fingerprint density at radius 2 is 2.00 bits per heavy atom. The fraction of sp³-hybridized carbons (Fsp3) is 0.412. The van der Waals surface area contributed by atoms with Gasteiger partial charge in [-0.2, -0.15) is 5.10 Å². The Morgan fingerprint density at radius 3 is 2.65 bits per heavy atom. The summed E-state index contributed by atoms with van der Waals surface area (Å²) < 4.78 is 0. The molecule has 1 fully saturated rings. The molecule has 6 heteroatoms. The highest BCUT2D eigenvalue weighted by Crippen LogP contribution is 2.20. The van der Waals surface area contributed by atoms with Crippen molar-refractivity contribution < 1.29 is 4.79 Å². The van der Waals surface area contributed by atoms with Gasteiger partial charge in [-0.1, -0.05) is 30.3 Å². The van der Waals surface area contributed by atoms with Crippen molar-refractivity contribution in [3.8, 4) is 11.3 Å². The number of piperidine rings is 1. The minimum absolute atomic E-state index is 0. The van der Waals surface area contributed by atoms with Gasteiger partial charge in [0.05, 0.1) is 5.69 Å². The molecule has 3 rings (SSSR count). The summed E-state index contributed by atoms with van der Waals surface area (Å²) in [5.41, 5.74) is 2.41. The zero-order chi connectivity index (χ0) is 15.4. The van der Waals surface area contributed by atoms with Crippen LogP contribution in [0.25, 0.3) is 11.3 Å². The van der Waals surface area contributed by atoms with Crippen LogP contribution < -0.4 is 5.32 Å². The minimum Gasteiger partial charge on any atom is -0.337 e. The van der Waals surface area contributed by atoms with E-state index in [0.717, 1.165) is 43.7 Å². The molecule has 0 unspecified atom stereocenters. The van der Waals surface area contributed by atoms with E-state index in [1.54, 1.807) is 0 Å². The number of likely N-dealkylation sites (tertiary alicyclic amines) is 1. The number of rotatable bonds is 4. The third kappa shape index (κ3) is 4.12. The number of H-pyrrole nitrogens is 1. The van der Waals surface area contributed by atoms with Gasteiger partial charge < -0.3 is 10.2 Å². The van der Waals surface area contributed by atoms with E-state index in [1.165, 1.54) is 0 Å². The lowest BCUT2D eigenvalue weighted by Crippen LogP contribution is -2.40. The molecule has 1 aromatic carbocycles. The Hall–Kier alpha value is -1.85. The lowest BCUT2D eigenvalue weighted by Gasteiger charge is -2.31. The van der Waals surface area contributed by atoms with Crippen LogP contribution in [0.2, 0.25) is 0 Å². The topological polar surface area (TPSA) is 61.0 Å². The molecule has 2 heterocycles. The molecule has 1 amide bonds. The maximum atomic E-state index is 12.5. The van der Waals surface area contributed by atoms with Gasteiger partial charge in [-0.05, 0) is 38.4 Å². The number of aromatic nitrogens is 2. The molecule has 124 valence electrons. The van der Waals surface area contributed by atoms with Crippen molar-refractivity contribution in [2.24, 2.45) is 5.92 Å². The minimum atomic E-state index is 0. The van der Waals surface area contributed by atoms with Crippen molar-refractivity contribution in [3.05, 3.63) is 42.1 Å². The number of benzene rings is 1. The summed E-state index contributed by atoms with van der Waals surface area (Å²) in [5.74, 6) is 0.730. The van der Waals surface area contributed by atoms with Gasteiger partial charge >= 0.3 is 0 Å². The van der Waals surface area contributed by atoms with E-state index in [9.17, 15) is 4.79 Å². The molecule has 2 N–H and O–H groups in total. The summed E-state index contributed by atoms with van der Waals surface area (Å²) in [7, 11) is 1.98. The molecule has 1 aliphatic heterocycles. The van der Waals surface area contributed by atoms with Gasteiger partial charge in [-0.15, -0.1) is 12.4 Å². The molecule has 1 aliphatic rings. The maximum absolute atomic E-state index is 12.5. The predicted molar refractivity (Wildman–Crippen MR) is 93.8 cm³/mol. The van der Waals surface area contributed by atoms with Crippen LogP contribution in [-0.4, -0.2) is 47.7 Å². The summed E-state index contributed by atoms with van der Waals surface area (Å²) in [4.78, 5) is 14.5. The number of nitrogens with one attached hydrogen (secondary N) is 2. The zero-order valence-corrected chi connectivity index (χ0v) is 14.1. The molecule has 0 saturated carbocycles. The van der Waals surface area contributed by atoms with Crippen molar-refractivity contribution in [3.63, 3.8) is 0 Å². The van der Waals surface area contributed by atoms with Gasteiger partial charge in [-0.3, -0.25) is 9.89 Å². The number of amides is 1. The third-order valence-electron chi connectivity index (χ3n) is 4.27. The Bertz CT molecular complexity index is 621. The molecular formula is C17H23ClN4O. The number of halogens is 1. The Balaban J connectivity index is 0.00000192. The molecular weight excluding hydrogens is 312 g/mol. The fourth-order valence-electron chi connectivity index (χ4n) is 2.99. The lowest BCUT2D eigenvalue weighted by atomic mass is 9.96. The van der Waals surface area contributed by atoms with E-state index in [2.05, 4.69) is 15.5 Å². The highest BCUT2D eigenvalue weighted by Gasteiger charge is 2.24. The van der Waals surface area contributed by atoms with Crippen LogP contribution in [0.5, 0.6) is 0 Å². The Kier molecular flexibility index (Phi) is 6.19. The third-order valence-corrected chi connectivity index (χ3v) is 4.27. The van der Waals surface area contributed by atoms with Crippen LogP contribution in [0, 0.1) is 5.92 Å². The van der Waals surface area contributed by atoms with Gasteiger partial charge in [0.1, 0.15) is 5.69 Å². The number of hydrogen-bond donors (Lipinski definition) is 2. The van der Waals surface area contributed by atoms with Crippen LogP contribution in [0.1, 0.15) is 23.3 Å². The first-order chi connectivity index (χ1) is 10.8. The highest BCUT2D eigenvalue weighted by molar-refractivity contribution is 5.93. The average molecular weight is 335 g/mol. The van der Waals surface area contributed by atoms with Crippen molar-refractivity contribution in [1.29, 1.82) is 0 Å². The first-order valence-electron chi connectivity index (χ1n) is 7.82. The van der Waals surface area contributed by atoms with Gasteiger partial charge in [-0.25, -0.2) is 0 Å². The highest BCUT2D eigenvalue weighted by atomic mass is 35.5. The molecule has 0 bridgehead atoms. The summed E-state index contributed by atoms with van der Waals surface area (Å²) in [6, 6.07) is 11.7. The van der Waals surface area contributed by atoms with Crippen LogP contribution >= 0.6 is 12.4 Å². The quantitative estimate of drug-likeness (QED) is 0.903. The fourth-order valence-corrected chi connectivity index (χ4v) is 2.99. The van der Waals surface area contributed by atoms with Crippen LogP contribution in [0.4, 0.5) is 0 Å². The van der Waals surface area contributed by atoms with E-state index in [0.29, 0.717) is 11.6 Å². The molecule has 5 nitrogen and oxygen atoms in total. The first kappa shape index (κ1) is 17.5. The number of hydrogen-bond acceptors (Lipinski definition) is 3. The molecule has 0 aliphatic carbocycles. The van der Waals surface area contributed by atoms with E-state index >= 15 is 0 Å². The summed E-state index contributed by atoms with van der Waals surface area (Å²) in [6.45, 7) is 2.68. The van der Waals surface area contributed by atoms with Crippen molar-refractivity contribution in [2.75, 3.05) is 26.7 Å². The number of carbonyl (C=O) groups excluding carboxylic acids is 1. The molecule has 0 spiro atoms. The van der Waals surface area contributed by atoms with Gasteiger partial charge in [0.25, 0.3) is 5.91 Å². The zero-order valence-electron chi connectivity index (χ0n) is 13.3. The molecule has 1 saturated heterocycles. The predicted octanol–water partition coefficient (Wildman–Crippen LogP) is 2.57. The SMILES string of the molecule is CNCC1CCN(C(=O)c2cc(-c3ccccc3)n[nH]2)CC1.Cl. The summed E-state index contributed by atoms with van der Waals surface area (Å²) in [5, 5.41) is 10.4. The van der Waals surface area contributed by atoms with Crippen molar-refractivity contribution >= 4 is 18.3 Å². The molecule has 0 atom stereocenters. The van der Waals surface area contributed by atoms with Crippen LogP contribution in [0.3, 0.4) is 0 Å². The maximum Gasteiger partial charge on any atom is 0.271 e. The Labute approximate surface area is 142 Å². The molecule has 2 aromatic rings. The smallest absolute Gasteiger partial charge is 0.271 e. The van der Waals surface area contributed by atoms with E-state index in [4.69, 9.17) is 0 Å².